The van der Waals surface area contributed by atoms with Crippen molar-refractivity contribution in [3.63, 3.8) is 0 Å². The predicted octanol–water partition coefficient (Wildman–Crippen LogP) is 4.95. The third-order valence-electron chi connectivity index (χ3n) is 3.19. The first-order valence-electron chi connectivity index (χ1n) is 6.58. The highest BCUT2D eigenvalue weighted by Gasteiger charge is 2.18. The smallest absolute Gasteiger partial charge is 0.133 e. The standard InChI is InChI=1S/C16H16BrClFNO/c1-3-20-16(12-9-11(19)5-6-14(12)18)10-4-7-15(21-2)13(17)8-10/h4-9,16,20H,3H2,1-2H3. The van der Waals surface area contributed by atoms with Crippen molar-refractivity contribution < 1.29 is 9.13 Å². The van der Waals surface area contributed by atoms with Crippen LogP contribution in [-0.4, -0.2) is 13.7 Å². The minimum absolute atomic E-state index is 0.180. The van der Waals surface area contributed by atoms with Crippen molar-refractivity contribution in [3.8, 4) is 5.75 Å². The van der Waals surface area contributed by atoms with Gasteiger partial charge in [-0.2, -0.15) is 0 Å². The average molecular weight is 373 g/mol. The molecule has 1 N–H and O–H groups in total. The molecule has 1 unspecified atom stereocenters. The maximum Gasteiger partial charge on any atom is 0.133 e. The Labute approximate surface area is 137 Å². The van der Waals surface area contributed by atoms with Gasteiger partial charge in [-0.15, -0.1) is 0 Å². The third-order valence-corrected chi connectivity index (χ3v) is 4.15. The fraction of sp³-hybridized carbons (Fsp3) is 0.250. The maximum atomic E-state index is 13.5. The summed E-state index contributed by atoms with van der Waals surface area (Å²) < 4.78 is 19.6. The van der Waals surface area contributed by atoms with Crippen molar-refractivity contribution in [2.45, 2.75) is 13.0 Å². The fourth-order valence-corrected chi connectivity index (χ4v) is 2.99. The minimum Gasteiger partial charge on any atom is -0.496 e. The highest BCUT2D eigenvalue weighted by atomic mass is 79.9. The van der Waals surface area contributed by atoms with Gasteiger partial charge < -0.3 is 10.1 Å². The minimum atomic E-state index is -0.301. The van der Waals surface area contributed by atoms with Crippen LogP contribution in [0.25, 0.3) is 0 Å². The van der Waals surface area contributed by atoms with E-state index >= 15 is 0 Å². The zero-order chi connectivity index (χ0) is 15.4. The molecule has 0 amide bonds. The van der Waals surface area contributed by atoms with E-state index in [1.54, 1.807) is 13.2 Å². The summed E-state index contributed by atoms with van der Waals surface area (Å²) in [6.07, 6.45) is 0. The Hall–Kier alpha value is -1.10. The molecule has 0 fully saturated rings. The van der Waals surface area contributed by atoms with Gasteiger partial charge in [-0.1, -0.05) is 24.6 Å². The summed E-state index contributed by atoms with van der Waals surface area (Å²) in [5.41, 5.74) is 1.70. The number of ether oxygens (including phenoxy) is 1. The van der Waals surface area contributed by atoms with Crippen LogP contribution in [0.3, 0.4) is 0 Å². The van der Waals surface area contributed by atoms with E-state index in [0.717, 1.165) is 27.9 Å². The number of benzene rings is 2. The van der Waals surface area contributed by atoms with E-state index in [0.29, 0.717) is 5.02 Å². The summed E-state index contributed by atoms with van der Waals surface area (Å²) in [5, 5.41) is 3.87. The van der Waals surface area contributed by atoms with Crippen LogP contribution in [0.1, 0.15) is 24.1 Å². The van der Waals surface area contributed by atoms with Gasteiger partial charge in [0.15, 0.2) is 0 Å². The molecule has 5 heteroatoms. The number of hydrogen-bond donors (Lipinski definition) is 1. The maximum absolute atomic E-state index is 13.5. The number of nitrogens with one attached hydrogen (secondary N) is 1. The molecule has 2 aromatic rings. The first kappa shape index (κ1) is 16.3. The van der Waals surface area contributed by atoms with Gasteiger partial charge in [-0.3, -0.25) is 0 Å². The zero-order valence-corrected chi connectivity index (χ0v) is 14.1. The summed E-state index contributed by atoms with van der Waals surface area (Å²) in [5.74, 6) is 0.448. The first-order chi connectivity index (χ1) is 10.1. The van der Waals surface area contributed by atoms with E-state index in [1.165, 1.54) is 12.1 Å². The topological polar surface area (TPSA) is 21.3 Å². The van der Waals surface area contributed by atoms with E-state index in [-0.39, 0.29) is 11.9 Å². The molecule has 0 radical (unpaired) electrons. The van der Waals surface area contributed by atoms with Crippen LogP contribution in [-0.2, 0) is 0 Å². The van der Waals surface area contributed by atoms with E-state index in [1.807, 2.05) is 25.1 Å². The van der Waals surface area contributed by atoms with Crippen LogP contribution in [0.5, 0.6) is 5.75 Å². The van der Waals surface area contributed by atoms with Crippen molar-refractivity contribution in [2.24, 2.45) is 0 Å². The third kappa shape index (κ3) is 3.76. The highest BCUT2D eigenvalue weighted by molar-refractivity contribution is 9.10. The van der Waals surface area contributed by atoms with E-state index in [4.69, 9.17) is 16.3 Å². The molecule has 0 aliphatic heterocycles. The molecule has 2 aromatic carbocycles. The van der Waals surface area contributed by atoms with Crippen molar-refractivity contribution in [1.29, 1.82) is 0 Å². The van der Waals surface area contributed by atoms with Crippen LogP contribution in [0.15, 0.2) is 40.9 Å². The van der Waals surface area contributed by atoms with E-state index < -0.39 is 0 Å². The fourth-order valence-electron chi connectivity index (χ4n) is 2.21. The Morgan fingerprint density at radius 2 is 2.05 bits per heavy atom. The average Bonchev–Trinajstić information content (AvgIpc) is 2.47. The Balaban J connectivity index is 2.48. The Kier molecular flexibility index (Phi) is 5.62. The molecule has 21 heavy (non-hydrogen) atoms. The molecule has 1 atom stereocenters. The van der Waals surface area contributed by atoms with Crippen LogP contribution in [0.2, 0.25) is 5.02 Å². The van der Waals surface area contributed by atoms with Gasteiger partial charge >= 0.3 is 0 Å². The summed E-state index contributed by atoms with van der Waals surface area (Å²) in [6, 6.07) is 9.99. The Bertz CT molecular complexity index is 636. The van der Waals surface area contributed by atoms with Gasteiger partial charge in [-0.05, 0) is 63.9 Å². The number of hydrogen-bond acceptors (Lipinski definition) is 2. The lowest BCUT2D eigenvalue weighted by Gasteiger charge is -2.21. The number of halogens is 3. The van der Waals surface area contributed by atoms with E-state index in [2.05, 4.69) is 21.2 Å². The Morgan fingerprint density at radius 1 is 1.29 bits per heavy atom. The van der Waals surface area contributed by atoms with Crippen LogP contribution in [0, 0.1) is 5.82 Å². The molecule has 0 spiro atoms. The van der Waals surface area contributed by atoms with Crippen LogP contribution >= 0.6 is 27.5 Å². The first-order valence-corrected chi connectivity index (χ1v) is 7.75. The highest BCUT2D eigenvalue weighted by Crippen LogP contribution is 2.33. The van der Waals surface area contributed by atoms with Gasteiger partial charge in [0.25, 0.3) is 0 Å². The Morgan fingerprint density at radius 3 is 2.67 bits per heavy atom. The molecule has 0 bridgehead atoms. The van der Waals surface area contributed by atoms with Gasteiger partial charge in [0, 0.05) is 5.02 Å². The normalized spacial score (nSPS) is 12.2. The second-order valence-electron chi connectivity index (χ2n) is 4.55. The lowest BCUT2D eigenvalue weighted by Crippen LogP contribution is -2.22. The summed E-state index contributed by atoms with van der Waals surface area (Å²) >= 11 is 9.70. The molecule has 0 aromatic heterocycles. The van der Waals surface area contributed by atoms with Crippen molar-refractivity contribution in [1.82, 2.24) is 5.32 Å². The molecule has 0 heterocycles. The summed E-state index contributed by atoms with van der Waals surface area (Å²) in [6.45, 7) is 2.74. The molecular weight excluding hydrogens is 357 g/mol. The molecule has 0 saturated carbocycles. The number of methoxy groups -OCH3 is 1. The molecule has 0 saturated heterocycles. The summed E-state index contributed by atoms with van der Waals surface area (Å²) in [4.78, 5) is 0. The molecule has 0 aliphatic rings. The zero-order valence-electron chi connectivity index (χ0n) is 11.8. The van der Waals surface area contributed by atoms with E-state index in [9.17, 15) is 4.39 Å². The van der Waals surface area contributed by atoms with Crippen LogP contribution in [0.4, 0.5) is 4.39 Å². The van der Waals surface area contributed by atoms with Crippen molar-refractivity contribution in [3.05, 3.63) is 62.8 Å². The second-order valence-corrected chi connectivity index (χ2v) is 5.81. The van der Waals surface area contributed by atoms with Gasteiger partial charge in [0.05, 0.1) is 17.6 Å². The van der Waals surface area contributed by atoms with Gasteiger partial charge in [0.1, 0.15) is 11.6 Å². The van der Waals surface area contributed by atoms with Crippen LogP contribution < -0.4 is 10.1 Å². The van der Waals surface area contributed by atoms with Crippen molar-refractivity contribution in [2.75, 3.05) is 13.7 Å². The molecule has 2 nitrogen and oxygen atoms in total. The lowest BCUT2D eigenvalue weighted by molar-refractivity contribution is 0.411. The molecule has 112 valence electrons. The largest absolute Gasteiger partial charge is 0.496 e. The summed E-state index contributed by atoms with van der Waals surface area (Å²) in [7, 11) is 1.62. The molecule has 2 rings (SSSR count). The van der Waals surface area contributed by atoms with Gasteiger partial charge in [-0.25, -0.2) is 4.39 Å². The second kappa shape index (κ2) is 7.25. The monoisotopic (exact) mass is 371 g/mol. The lowest BCUT2D eigenvalue weighted by atomic mass is 9.98. The SMILES string of the molecule is CCNC(c1ccc(OC)c(Br)c1)c1cc(F)ccc1Cl. The quantitative estimate of drug-likeness (QED) is 0.802. The van der Waals surface area contributed by atoms with Crippen molar-refractivity contribution >= 4 is 27.5 Å². The molecule has 0 aliphatic carbocycles. The predicted molar refractivity (Wildman–Crippen MR) is 87.6 cm³/mol. The molecular formula is C16H16BrClFNO. The number of rotatable bonds is 5. The van der Waals surface area contributed by atoms with Gasteiger partial charge in [0.2, 0.25) is 0 Å².